The average molecular weight is 418 g/mol. The largest absolute Gasteiger partial charge is 0.370 e. The molecule has 5 rings (SSSR count). The molecule has 0 amide bonds. The van der Waals surface area contributed by atoms with Gasteiger partial charge in [-0.3, -0.25) is 4.68 Å². The number of pyridine rings is 1. The molecule has 1 unspecified atom stereocenters. The third kappa shape index (κ3) is 3.74. The number of morpholine rings is 1. The second-order valence-corrected chi connectivity index (χ2v) is 7.93. The number of halogens is 1. The van der Waals surface area contributed by atoms with Crippen molar-refractivity contribution in [2.45, 2.75) is 20.0 Å². The molecular formula is C23H23FN6O. The quantitative estimate of drug-likeness (QED) is 0.505. The molecule has 0 aliphatic carbocycles. The van der Waals surface area contributed by atoms with Crippen LogP contribution in [0.1, 0.15) is 22.9 Å². The van der Waals surface area contributed by atoms with Crippen LogP contribution in [0.2, 0.25) is 0 Å². The molecule has 4 aromatic rings. The molecule has 1 aromatic carbocycles. The molecule has 1 aliphatic heterocycles. The zero-order valence-corrected chi connectivity index (χ0v) is 17.7. The number of nitrogens with zero attached hydrogens (tertiary/aromatic N) is 6. The number of aryl methyl sites for hydroxylation is 3. The first kappa shape index (κ1) is 19.6. The zero-order chi connectivity index (χ0) is 21.5. The summed E-state index contributed by atoms with van der Waals surface area (Å²) in [6.07, 6.45) is 3.63. The minimum Gasteiger partial charge on any atom is -0.370 e. The Kier molecular flexibility index (Phi) is 4.86. The predicted octanol–water partition coefficient (Wildman–Crippen LogP) is 3.76. The van der Waals surface area contributed by atoms with Gasteiger partial charge in [-0.15, -0.1) is 0 Å². The molecule has 7 nitrogen and oxygen atoms in total. The fourth-order valence-electron chi connectivity index (χ4n) is 3.89. The SMILES string of the molecule is Cc1ccc(-c2nc(N3CCOC(c4cnn(C)c4)C3)nc3nc(C)ccc23)c(F)c1. The molecule has 8 heteroatoms. The fourth-order valence-corrected chi connectivity index (χ4v) is 3.89. The van der Waals surface area contributed by atoms with Crippen LogP contribution in [-0.2, 0) is 11.8 Å². The first-order valence-electron chi connectivity index (χ1n) is 10.2. The molecular weight excluding hydrogens is 395 g/mol. The van der Waals surface area contributed by atoms with Crippen molar-refractivity contribution in [2.75, 3.05) is 24.6 Å². The Hall–Kier alpha value is -3.39. The molecule has 0 spiro atoms. The smallest absolute Gasteiger partial charge is 0.228 e. The monoisotopic (exact) mass is 418 g/mol. The van der Waals surface area contributed by atoms with Crippen molar-refractivity contribution in [3.05, 3.63) is 65.4 Å². The van der Waals surface area contributed by atoms with Gasteiger partial charge in [0.2, 0.25) is 5.95 Å². The van der Waals surface area contributed by atoms with E-state index in [-0.39, 0.29) is 11.9 Å². The second-order valence-electron chi connectivity index (χ2n) is 7.93. The summed E-state index contributed by atoms with van der Waals surface area (Å²) in [7, 11) is 1.88. The van der Waals surface area contributed by atoms with E-state index in [0.717, 1.165) is 22.2 Å². The van der Waals surface area contributed by atoms with Crippen LogP contribution >= 0.6 is 0 Å². The molecule has 1 atom stereocenters. The van der Waals surface area contributed by atoms with E-state index in [1.54, 1.807) is 10.7 Å². The van der Waals surface area contributed by atoms with Crippen molar-refractivity contribution in [1.29, 1.82) is 0 Å². The topological polar surface area (TPSA) is 69.0 Å². The predicted molar refractivity (Wildman–Crippen MR) is 116 cm³/mol. The Balaban J connectivity index is 1.60. The molecule has 31 heavy (non-hydrogen) atoms. The number of hydrogen-bond acceptors (Lipinski definition) is 6. The molecule has 3 aromatic heterocycles. The molecule has 4 heterocycles. The van der Waals surface area contributed by atoms with Gasteiger partial charge in [0.1, 0.15) is 11.9 Å². The Morgan fingerprint density at radius 1 is 1.10 bits per heavy atom. The van der Waals surface area contributed by atoms with Gasteiger partial charge in [0, 0.05) is 42.0 Å². The van der Waals surface area contributed by atoms with Gasteiger partial charge in [-0.25, -0.2) is 14.4 Å². The lowest BCUT2D eigenvalue weighted by Gasteiger charge is -2.32. The summed E-state index contributed by atoms with van der Waals surface area (Å²) in [6.45, 7) is 5.55. The summed E-state index contributed by atoms with van der Waals surface area (Å²) < 4.78 is 22.6. The van der Waals surface area contributed by atoms with E-state index in [2.05, 4.69) is 15.0 Å². The van der Waals surface area contributed by atoms with Gasteiger partial charge >= 0.3 is 0 Å². The highest BCUT2D eigenvalue weighted by atomic mass is 19.1. The van der Waals surface area contributed by atoms with Crippen molar-refractivity contribution >= 4 is 17.0 Å². The minimum absolute atomic E-state index is 0.133. The highest BCUT2D eigenvalue weighted by Gasteiger charge is 2.26. The summed E-state index contributed by atoms with van der Waals surface area (Å²) >= 11 is 0. The minimum atomic E-state index is -0.304. The molecule has 0 radical (unpaired) electrons. The summed E-state index contributed by atoms with van der Waals surface area (Å²) in [4.78, 5) is 16.2. The van der Waals surface area contributed by atoms with Crippen LogP contribution in [0.3, 0.4) is 0 Å². The first-order chi connectivity index (χ1) is 15.0. The number of hydrogen-bond donors (Lipinski definition) is 0. The Labute approximate surface area is 179 Å². The highest BCUT2D eigenvalue weighted by Crippen LogP contribution is 2.31. The van der Waals surface area contributed by atoms with Crippen LogP contribution in [0.4, 0.5) is 10.3 Å². The number of rotatable bonds is 3. The van der Waals surface area contributed by atoms with Gasteiger partial charge in [0.25, 0.3) is 0 Å². The lowest BCUT2D eigenvalue weighted by molar-refractivity contribution is 0.0392. The Bertz CT molecular complexity index is 1270. The van der Waals surface area contributed by atoms with Gasteiger partial charge < -0.3 is 9.64 Å². The van der Waals surface area contributed by atoms with E-state index < -0.39 is 0 Å². The van der Waals surface area contributed by atoms with Gasteiger partial charge in [-0.05, 0) is 43.7 Å². The number of fused-ring (bicyclic) bond motifs is 1. The summed E-state index contributed by atoms with van der Waals surface area (Å²) in [5.41, 5.74) is 4.27. The first-order valence-corrected chi connectivity index (χ1v) is 10.2. The standard InChI is InChI=1S/C23H23FN6O/c1-14-4-6-17(19(24)10-14)21-18-7-5-15(2)26-22(18)28-23(27-21)30-8-9-31-20(13-30)16-11-25-29(3)12-16/h4-7,10-12,20H,8-9,13H2,1-3H3. The van der Waals surface area contributed by atoms with Crippen molar-refractivity contribution < 1.29 is 9.13 Å². The van der Waals surface area contributed by atoms with Crippen LogP contribution in [0.25, 0.3) is 22.3 Å². The van der Waals surface area contributed by atoms with Crippen LogP contribution in [0.15, 0.2) is 42.7 Å². The zero-order valence-electron chi connectivity index (χ0n) is 17.7. The number of benzene rings is 1. The number of aromatic nitrogens is 5. The molecule has 0 N–H and O–H groups in total. The molecule has 0 bridgehead atoms. The molecule has 0 saturated carbocycles. The van der Waals surface area contributed by atoms with Crippen LogP contribution < -0.4 is 4.90 Å². The van der Waals surface area contributed by atoms with E-state index in [1.807, 2.05) is 51.5 Å². The normalized spacial score (nSPS) is 16.8. The van der Waals surface area contributed by atoms with Gasteiger partial charge in [-0.2, -0.15) is 10.1 Å². The molecule has 1 fully saturated rings. The van der Waals surface area contributed by atoms with Crippen molar-refractivity contribution in [2.24, 2.45) is 7.05 Å². The maximum absolute atomic E-state index is 14.9. The molecule has 1 saturated heterocycles. The van der Waals surface area contributed by atoms with Gasteiger partial charge in [0.05, 0.1) is 25.0 Å². The van der Waals surface area contributed by atoms with Crippen molar-refractivity contribution in [3.63, 3.8) is 0 Å². The molecule has 158 valence electrons. The van der Waals surface area contributed by atoms with Crippen LogP contribution in [0.5, 0.6) is 0 Å². The fraction of sp³-hybridized carbons (Fsp3) is 0.304. The lowest BCUT2D eigenvalue weighted by Crippen LogP contribution is -2.39. The Morgan fingerprint density at radius 2 is 1.97 bits per heavy atom. The van der Waals surface area contributed by atoms with Crippen LogP contribution in [0, 0.1) is 19.7 Å². The van der Waals surface area contributed by atoms with E-state index in [9.17, 15) is 4.39 Å². The maximum atomic E-state index is 14.9. The highest BCUT2D eigenvalue weighted by molar-refractivity contribution is 5.91. The average Bonchev–Trinajstić information content (AvgIpc) is 3.19. The van der Waals surface area contributed by atoms with E-state index in [0.29, 0.717) is 42.5 Å². The maximum Gasteiger partial charge on any atom is 0.228 e. The van der Waals surface area contributed by atoms with E-state index in [1.165, 1.54) is 6.07 Å². The Morgan fingerprint density at radius 3 is 2.74 bits per heavy atom. The van der Waals surface area contributed by atoms with Crippen molar-refractivity contribution in [1.82, 2.24) is 24.7 Å². The molecule has 1 aliphatic rings. The number of anilines is 1. The third-order valence-corrected chi connectivity index (χ3v) is 5.51. The van der Waals surface area contributed by atoms with Crippen molar-refractivity contribution in [3.8, 4) is 11.3 Å². The van der Waals surface area contributed by atoms with Gasteiger partial charge in [0.15, 0.2) is 5.65 Å². The third-order valence-electron chi connectivity index (χ3n) is 5.51. The number of ether oxygens (including phenoxy) is 1. The van der Waals surface area contributed by atoms with E-state index in [4.69, 9.17) is 14.7 Å². The van der Waals surface area contributed by atoms with Gasteiger partial charge in [-0.1, -0.05) is 6.07 Å². The summed E-state index contributed by atoms with van der Waals surface area (Å²) in [5.74, 6) is 0.222. The lowest BCUT2D eigenvalue weighted by atomic mass is 10.1. The second kappa shape index (κ2) is 7.70. The van der Waals surface area contributed by atoms with Crippen LogP contribution in [-0.4, -0.2) is 44.4 Å². The summed E-state index contributed by atoms with van der Waals surface area (Å²) in [6, 6.07) is 8.99. The summed E-state index contributed by atoms with van der Waals surface area (Å²) in [5, 5.41) is 4.98. The van der Waals surface area contributed by atoms with E-state index >= 15 is 0 Å².